The second-order valence-corrected chi connectivity index (χ2v) is 5.81. The lowest BCUT2D eigenvalue weighted by atomic mass is 9.74. The molecule has 0 spiro atoms. The zero-order valence-corrected chi connectivity index (χ0v) is 10.3. The molecule has 0 amide bonds. The number of carbonyl (C=O) groups excluding carboxylic acids is 1. The summed E-state index contributed by atoms with van der Waals surface area (Å²) in [7, 11) is 0. The van der Waals surface area contributed by atoms with Crippen molar-refractivity contribution in [2.75, 3.05) is 26.3 Å². The molecule has 0 aliphatic carbocycles. The molecule has 2 heterocycles. The Labute approximate surface area is 96.7 Å². The van der Waals surface area contributed by atoms with Crippen LogP contribution in [0.15, 0.2) is 0 Å². The maximum absolute atomic E-state index is 12.3. The number of ether oxygens (including phenoxy) is 2. The Morgan fingerprint density at radius 1 is 1.50 bits per heavy atom. The van der Waals surface area contributed by atoms with Crippen molar-refractivity contribution in [2.24, 2.45) is 11.3 Å². The Kier molecular flexibility index (Phi) is 2.97. The fraction of sp³-hybridized carbons (Fsp3) is 0.917. The Morgan fingerprint density at radius 3 is 2.94 bits per heavy atom. The Bertz CT molecular complexity index is 284. The molecule has 0 unspecified atom stereocenters. The number of hydrogen-bond acceptors (Lipinski definition) is 4. The number of hydrogen-bond donors (Lipinski definition) is 1. The standard InChI is InChI=1S/C12H21NO3/c1-11(2,3)16-10(14)12-4-5-15-7-9(12)6-13-8-12/h9,13H,4-8H2,1-3H3/t9-,12+/m0/s1. The maximum Gasteiger partial charge on any atom is 0.314 e. The summed E-state index contributed by atoms with van der Waals surface area (Å²) in [6.45, 7) is 8.67. The van der Waals surface area contributed by atoms with Crippen molar-refractivity contribution in [3.63, 3.8) is 0 Å². The topological polar surface area (TPSA) is 47.6 Å². The minimum Gasteiger partial charge on any atom is -0.459 e. The molecular formula is C12H21NO3. The number of carbonyl (C=O) groups is 1. The van der Waals surface area contributed by atoms with Gasteiger partial charge in [-0.3, -0.25) is 4.79 Å². The maximum atomic E-state index is 12.3. The second kappa shape index (κ2) is 4.00. The summed E-state index contributed by atoms with van der Waals surface area (Å²) in [5.74, 6) is 0.217. The van der Waals surface area contributed by atoms with E-state index in [1.165, 1.54) is 0 Å². The van der Waals surface area contributed by atoms with E-state index in [-0.39, 0.29) is 17.3 Å². The molecule has 0 bridgehead atoms. The van der Waals surface area contributed by atoms with Crippen molar-refractivity contribution in [1.82, 2.24) is 5.32 Å². The van der Waals surface area contributed by atoms with Crippen molar-refractivity contribution in [3.05, 3.63) is 0 Å². The van der Waals surface area contributed by atoms with Crippen LogP contribution in [0, 0.1) is 11.3 Å². The number of esters is 1. The van der Waals surface area contributed by atoms with E-state index in [1.54, 1.807) is 0 Å². The van der Waals surface area contributed by atoms with Gasteiger partial charge in [0.2, 0.25) is 0 Å². The van der Waals surface area contributed by atoms with Gasteiger partial charge < -0.3 is 14.8 Å². The molecule has 16 heavy (non-hydrogen) atoms. The highest BCUT2D eigenvalue weighted by Gasteiger charge is 2.52. The molecule has 0 radical (unpaired) electrons. The van der Waals surface area contributed by atoms with Gasteiger partial charge in [-0.25, -0.2) is 0 Å². The predicted molar refractivity (Wildman–Crippen MR) is 60.1 cm³/mol. The van der Waals surface area contributed by atoms with E-state index in [2.05, 4.69) is 5.32 Å². The third-order valence-electron chi connectivity index (χ3n) is 3.43. The molecule has 1 N–H and O–H groups in total. The lowest BCUT2D eigenvalue weighted by Gasteiger charge is -2.38. The van der Waals surface area contributed by atoms with E-state index in [9.17, 15) is 4.79 Å². The van der Waals surface area contributed by atoms with Gasteiger partial charge in [-0.15, -0.1) is 0 Å². The van der Waals surface area contributed by atoms with E-state index < -0.39 is 5.60 Å². The molecule has 2 atom stereocenters. The fourth-order valence-electron chi connectivity index (χ4n) is 2.52. The van der Waals surface area contributed by atoms with Gasteiger partial charge in [0.15, 0.2) is 0 Å². The van der Waals surface area contributed by atoms with Crippen molar-refractivity contribution >= 4 is 5.97 Å². The van der Waals surface area contributed by atoms with Crippen LogP contribution >= 0.6 is 0 Å². The highest BCUT2D eigenvalue weighted by atomic mass is 16.6. The normalized spacial score (nSPS) is 34.6. The highest BCUT2D eigenvalue weighted by molar-refractivity contribution is 5.78. The first-order valence-electron chi connectivity index (χ1n) is 5.96. The quantitative estimate of drug-likeness (QED) is 0.678. The second-order valence-electron chi connectivity index (χ2n) is 5.81. The molecule has 2 fully saturated rings. The van der Waals surface area contributed by atoms with Gasteiger partial charge in [-0.2, -0.15) is 0 Å². The molecule has 2 rings (SSSR count). The summed E-state index contributed by atoms with van der Waals surface area (Å²) in [5.41, 5.74) is -0.747. The summed E-state index contributed by atoms with van der Waals surface area (Å²) in [6.07, 6.45) is 0.777. The van der Waals surface area contributed by atoms with Gasteiger partial charge >= 0.3 is 5.97 Å². The summed E-state index contributed by atoms with van der Waals surface area (Å²) in [6, 6.07) is 0. The van der Waals surface area contributed by atoms with Crippen LogP contribution < -0.4 is 5.32 Å². The summed E-state index contributed by atoms with van der Waals surface area (Å²) in [4.78, 5) is 12.3. The minimum absolute atomic E-state index is 0.0571. The van der Waals surface area contributed by atoms with Crippen LogP contribution in [0.2, 0.25) is 0 Å². The molecule has 92 valence electrons. The Morgan fingerprint density at radius 2 is 2.25 bits per heavy atom. The van der Waals surface area contributed by atoms with Crippen molar-refractivity contribution < 1.29 is 14.3 Å². The average molecular weight is 227 g/mol. The van der Waals surface area contributed by atoms with Crippen LogP contribution in [-0.4, -0.2) is 37.9 Å². The molecule has 4 heteroatoms. The van der Waals surface area contributed by atoms with E-state index in [4.69, 9.17) is 9.47 Å². The molecule has 0 saturated carbocycles. The molecule has 0 aromatic heterocycles. The average Bonchev–Trinajstić information content (AvgIpc) is 2.59. The first-order chi connectivity index (χ1) is 7.44. The minimum atomic E-state index is -0.405. The first-order valence-corrected chi connectivity index (χ1v) is 5.96. The fourth-order valence-corrected chi connectivity index (χ4v) is 2.52. The van der Waals surface area contributed by atoms with Gasteiger partial charge in [0.25, 0.3) is 0 Å². The summed E-state index contributed by atoms with van der Waals surface area (Å²) in [5, 5.41) is 3.29. The van der Waals surface area contributed by atoms with Crippen LogP contribution in [0.4, 0.5) is 0 Å². The lowest BCUT2D eigenvalue weighted by molar-refractivity contribution is -0.175. The number of nitrogens with one attached hydrogen (secondary N) is 1. The van der Waals surface area contributed by atoms with E-state index in [0.717, 1.165) is 19.5 Å². The van der Waals surface area contributed by atoms with Crippen molar-refractivity contribution in [3.8, 4) is 0 Å². The van der Waals surface area contributed by atoms with Gasteiger partial charge in [0, 0.05) is 25.6 Å². The Balaban J connectivity index is 2.13. The summed E-state index contributed by atoms with van der Waals surface area (Å²) < 4.78 is 11.0. The zero-order chi connectivity index (χ0) is 11.8. The van der Waals surface area contributed by atoms with Crippen molar-refractivity contribution in [1.29, 1.82) is 0 Å². The van der Waals surface area contributed by atoms with Crippen molar-refractivity contribution in [2.45, 2.75) is 32.8 Å². The molecule has 0 aromatic rings. The van der Waals surface area contributed by atoms with E-state index in [0.29, 0.717) is 13.2 Å². The van der Waals surface area contributed by atoms with E-state index >= 15 is 0 Å². The highest BCUT2D eigenvalue weighted by Crippen LogP contribution is 2.40. The Hall–Kier alpha value is -0.610. The zero-order valence-electron chi connectivity index (χ0n) is 10.3. The molecule has 2 saturated heterocycles. The molecule has 0 aromatic carbocycles. The SMILES string of the molecule is CC(C)(C)OC(=O)[C@@]12CCOC[C@@H]1CNC2. The largest absolute Gasteiger partial charge is 0.459 e. The third-order valence-corrected chi connectivity index (χ3v) is 3.43. The molecule has 2 aliphatic rings. The third kappa shape index (κ3) is 2.09. The van der Waals surface area contributed by atoms with Gasteiger partial charge in [-0.05, 0) is 27.2 Å². The van der Waals surface area contributed by atoms with Gasteiger partial charge in [0.05, 0.1) is 12.0 Å². The van der Waals surface area contributed by atoms with Gasteiger partial charge in [-0.1, -0.05) is 0 Å². The smallest absolute Gasteiger partial charge is 0.314 e. The number of fused-ring (bicyclic) bond motifs is 1. The molecular weight excluding hydrogens is 206 g/mol. The van der Waals surface area contributed by atoms with Crippen LogP contribution in [0.3, 0.4) is 0 Å². The van der Waals surface area contributed by atoms with Crippen LogP contribution in [-0.2, 0) is 14.3 Å². The molecule has 4 nitrogen and oxygen atoms in total. The van der Waals surface area contributed by atoms with Crippen LogP contribution in [0.1, 0.15) is 27.2 Å². The van der Waals surface area contributed by atoms with Gasteiger partial charge in [0.1, 0.15) is 5.60 Å². The number of rotatable bonds is 1. The van der Waals surface area contributed by atoms with E-state index in [1.807, 2.05) is 20.8 Å². The van der Waals surface area contributed by atoms with Crippen LogP contribution in [0.5, 0.6) is 0 Å². The molecule has 2 aliphatic heterocycles. The first kappa shape index (κ1) is 11.9. The predicted octanol–water partition coefficient (Wildman–Crippen LogP) is 0.954. The van der Waals surface area contributed by atoms with Crippen LogP contribution in [0.25, 0.3) is 0 Å². The lowest BCUT2D eigenvalue weighted by Crippen LogP contribution is -2.47. The monoisotopic (exact) mass is 227 g/mol. The summed E-state index contributed by atoms with van der Waals surface area (Å²) >= 11 is 0.